The Kier molecular flexibility index (Phi) is 9.50. The van der Waals surface area contributed by atoms with Crippen LogP contribution in [0.15, 0.2) is 36.1 Å². The highest BCUT2D eigenvalue weighted by Crippen LogP contribution is 1.87. The van der Waals surface area contributed by atoms with Gasteiger partial charge in [-0.3, -0.25) is 9.67 Å². The number of rotatable bonds is 6. The van der Waals surface area contributed by atoms with E-state index in [2.05, 4.69) is 27.3 Å². The molecule has 17 heavy (non-hydrogen) atoms. The average molecular weight is 349 g/mol. The summed E-state index contributed by atoms with van der Waals surface area (Å²) in [6, 6.07) is 1.93. The molecular formula is C11H20IN5. The van der Waals surface area contributed by atoms with Crippen LogP contribution in [-0.4, -0.2) is 35.9 Å². The largest absolute Gasteiger partial charge is 0.356 e. The second kappa shape index (κ2) is 10.1. The first kappa shape index (κ1) is 16.0. The third kappa shape index (κ3) is 6.98. The van der Waals surface area contributed by atoms with Crippen LogP contribution in [0.5, 0.6) is 0 Å². The number of halogens is 1. The summed E-state index contributed by atoms with van der Waals surface area (Å²) in [7, 11) is 1.76. The Morgan fingerprint density at radius 1 is 1.53 bits per heavy atom. The zero-order valence-electron chi connectivity index (χ0n) is 10.1. The molecule has 0 atom stereocenters. The number of aryl methyl sites for hydroxylation is 1. The first-order valence-corrected chi connectivity index (χ1v) is 5.39. The molecule has 6 heteroatoms. The molecule has 0 aromatic carbocycles. The van der Waals surface area contributed by atoms with Gasteiger partial charge in [0.25, 0.3) is 0 Å². The van der Waals surface area contributed by atoms with Gasteiger partial charge in [0.15, 0.2) is 5.96 Å². The van der Waals surface area contributed by atoms with Crippen molar-refractivity contribution in [2.24, 2.45) is 4.99 Å². The summed E-state index contributed by atoms with van der Waals surface area (Å²) < 4.78 is 1.92. The lowest BCUT2D eigenvalue weighted by Gasteiger charge is -2.10. The molecule has 2 N–H and O–H groups in total. The summed E-state index contributed by atoms with van der Waals surface area (Å²) in [5.74, 6) is 0.806. The van der Waals surface area contributed by atoms with E-state index in [1.165, 1.54) is 0 Å². The number of aromatic nitrogens is 2. The summed E-state index contributed by atoms with van der Waals surface area (Å²) in [5.41, 5.74) is 0. The van der Waals surface area contributed by atoms with E-state index >= 15 is 0 Å². The Labute approximate surface area is 119 Å². The van der Waals surface area contributed by atoms with Crippen molar-refractivity contribution < 1.29 is 0 Å². The van der Waals surface area contributed by atoms with Gasteiger partial charge in [-0.1, -0.05) is 6.08 Å². The molecule has 0 aliphatic carbocycles. The lowest BCUT2D eigenvalue weighted by molar-refractivity contribution is 0.571. The number of hydrogen-bond donors (Lipinski definition) is 2. The van der Waals surface area contributed by atoms with E-state index in [-0.39, 0.29) is 24.0 Å². The van der Waals surface area contributed by atoms with Crippen LogP contribution < -0.4 is 10.6 Å². The second-order valence-electron chi connectivity index (χ2n) is 3.29. The van der Waals surface area contributed by atoms with E-state index in [0.29, 0.717) is 0 Å². The summed E-state index contributed by atoms with van der Waals surface area (Å²) in [5, 5.41) is 10.5. The minimum absolute atomic E-state index is 0. The van der Waals surface area contributed by atoms with Gasteiger partial charge in [0, 0.05) is 39.1 Å². The minimum atomic E-state index is 0. The zero-order valence-corrected chi connectivity index (χ0v) is 12.4. The smallest absolute Gasteiger partial charge is 0.191 e. The van der Waals surface area contributed by atoms with Gasteiger partial charge in [0.2, 0.25) is 0 Å². The van der Waals surface area contributed by atoms with E-state index in [9.17, 15) is 0 Å². The quantitative estimate of drug-likeness (QED) is 0.267. The highest BCUT2D eigenvalue weighted by atomic mass is 127. The summed E-state index contributed by atoms with van der Waals surface area (Å²) in [6.07, 6.45) is 6.57. The molecule has 96 valence electrons. The average Bonchev–Trinajstić information content (AvgIpc) is 2.81. The minimum Gasteiger partial charge on any atom is -0.356 e. The molecule has 0 fully saturated rings. The number of aliphatic imine (C=N–C) groups is 1. The highest BCUT2D eigenvalue weighted by Gasteiger charge is 1.95. The molecule has 0 aliphatic heterocycles. The molecule has 0 saturated heterocycles. The Hall–Kier alpha value is -1.05. The van der Waals surface area contributed by atoms with Crippen LogP contribution >= 0.6 is 24.0 Å². The van der Waals surface area contributed by atoms with Gasteiger partial charge in [-0.05, 0) is 12.5 Å². The van der Waals surface area contributed by atoms with E-state index in [0.717, 1.165) is 32.0 Å². The molecule has 1 rings (SSSR count). The van der Waals surface area contributed by atoms with Gasteiger partial charge >= 0.3 is 0 Å². The fourth-order valence-electron chi connectivity index (χ4n) is 1.27. The molecule has 0 spiro atoms. The SMILES string of the molecule is C=CCNC(=NC)NCCCn1cccn1.I. The van der Waals surface area contributed by atoms with Crippen LogP contribution in [0.3, 0.4) is 0 Å². The summed E-state index contributed by atoms with van der Waals surface area (Å²) >= 11 is 0. The maximum absolute atomic E-state index is 4.13. The van der Waals surface area contributed by atoms with Gasteiger partial charge in [0.1, 0.15) is 0 Å². The number of nitrogens with one attached hydrogen (secondary N) is 2. The van der Waals surface area contributed by atoms with Crippen LogP contribution in [0.2, 0.25) is 0 Å². The third-order valence-electron chi connectivity index (χ3n) is 2.05. The predicted molar refractivity (Wildman–Crippen MR) is 81.8 cm³/mol. The standard InChI is InChI=1S/C11H19N5.HI/c1-3-6-13-11(12-2)14-7-4-9-16-10-5-8-15-16;/h3,5,8,10H,1,4,6-7,9H2,2H3,(H2,12,13,14);1H. The van der Waals surface area contributed by atoms with Gasteiger partial charge in [-0.25, -0.2) is 0 Å². The van der Waals surface area contributed by atoms with Crippen molar-refractivity contribution >= 4 is 29.9 Å². The molecule has 5 nitrogen and oxygen atoms in total. The predicted octanol–water partition coefficient (Wildman–Crippen LogP) is 1.24. The fraction of sp³-hybridized carbons (Fsp3) is 0.455. The van der Waals surface area contributed by atoms with Crippen LogP contribution in [0, 0.1) is 0 Å². The van der Waals surface area contributed by atoms with Gasteiger partial charge in [0.05, 0.1) is 0 Å². The molecule has 1 aromatic rings. The third-order valence-corrected chi connectivity index (χ3v) is 2.05. The first-order valence-electron chi connectivity index (χ1n) is 5.39. The van der Waals surface area contributed by atoms with Crippen LogP contribution in [0.4, 0.5) is 0 Å². The van der Waals surface area contributed by atoms with Gasteiger partial charge in [-0.2, -0.15) is 5.10 Å². The molecule has 0 amide bonds. The second-order valence-corrected chi connectivity index (χ2v) is 3.29. The van der Waals surface area contributed by atoms with Crippen molar-refractivity contribution in [3.8, 4) is 0 Å². The Morgan fingerprint density at radius 2 is 2.35 bits per heavy atom. The zero-order chi connectivity index (χ0) is 11.6. The lowest BCUT2D eigenvalue weighted by atomic mass is 10.4. The van der Waals surface area contributed by atoms with Gasteiger partial charge in [-0.15, -0.1) is 30.6 Å². The summed E-state index contributed by atoms with van der Waals surface area (Å²) in [4.78, 5) is 4.08. The van der Waals surface area contributed by atoms with Crippen LogP contribution in [0.1, 0.15) is 6.42 Å². The van der Waals surface area contributed by atoms with E-state index in [1.807, 2.05) is 16.9 Å². The van der Waals surface area contributed by atoms with Crippen LogP contribution in [-0.2, 0) is 6.54 Å². The molecule has 1 aromatic heterocycles. The van der Waals surface area contributed by atoms with Crippen molar-refractivity contribution in [1.82, 2.24) is 20.4 Å². The Bertz CT molecular complexity index is 321. The maximum Gasteiger partial charge on any atom is 0.191 e. The molecular weight excluding hydrogens is 329 g/mol. The molecule has 1 heterocycles. The van der Waals surface area contributed by atoms with E-state index < -0.39 is 0 Å². The highest BCUT2D eigenvalue weighted by molar-refractivity contribution is 14.0. The number of hydrogen-bond acceptors (Lipinski definition) is 2. The first-order chi connectivity index (χ1) is 7.86. The topological polar surface area (TPSA) is 54.2 Å². The van der Waals surface area contributed by atoms with Crippen molar-refractivity contribution in [3.05, 3.63) is 31.1 Å². The molecule has 0 aliphatic rings. The monoisotopic (exact) mass is 349 g/mol. The summed E-state index contributed by atoms with van der Waals surface area (Å²) in [6.45, 7) is 6.15. The Morgan fingerprint density at radius 3 is 2.94 bits per heavy atom. The van der Waals surface area contributed by atoms with Crippen molar-refractivity contribution in [1.29, 1.82) is 0 Å². The van der Waals surface area contributed by atoms with Crippen molar-refractivity contribution in [2.45, 2.75) is 13.0 Å². The molecule has 0 bridgehead atoms. The fourth-order valence-corrected chi connectivity index (χ4v) is 1.27. The number of nitrogens with zero attached hydrogens (tertiary/aromatic N) is 3. The lowest BCUT2D eigenvalue weighted by Crippen LogP contribution is -2.37. The molecule has 0 unspecified atom stereocenters. The number of guanidine groups is 1. The van der Waals surface area contributed by atoms with Crippen molar-refractivity contribution in [2.75, 3.05) is 20.1 Å². The van der Waals surface area contributed by atoms with E-state index in [1.54, 1.807) is 19.3 Å². The van der Waals surface area contributed by atoms with Crippen molar-refractivity contribution in [3.63, 3.8) is 0 Å². The molecule has 0 radical (unpaired) electrons. The van der Waals surface area contributed by atoms with E-state index in [4.69, 9.17) is 0 Å². The maximum atomic E-state index is 4.13. The normalized spacial score (nSPS) is 10.5. The van der Waals surface area contributed by atoms with Gasteiger partial charge < -0.3 is 10.6 Å². The molecule has 0 saturated carbocycles. The van der Waals surface area contributed by atoms with Crippen LogP contribution in [0.25, 0.3) is 0 Å². The Balaban J connectivity index is 0.00000256.